The van der Waals surface area contributed by atoms with Crippen LogP contribution in [0, 0.1) is 17.8 Å². The van der Waals surface area contributed by atoms with Crippen LogP contribution in [0.25, 0.3) is 0 Å². The second-order valence-corrected chi connectivity index (χ2v) is 7.91. The van der Waals surface area contributed by atoms with Crippen molar-refractivity contribution in [2.75, 3.05) is 19.0 Å². The van der Waals surface area contributed by atoms with Crippen molar-refractivity contribution in [3.63, 3.8) is 0 Å². The topological polar surface area (TPSA) is 82.0 Å². The minimum Gasteiger partial charge on any atom is -0.469 e. The normalized spacial score (nSPS) is 43.9. The maximum Gasteiger partial charge on any atom is 0.310 e. The molecule has 3 heterocycles. The molecule has 138 valence electrons. The van der Waals surface area contributed by atoms with Crippen molar-refractivity contribution in [3.05, 3.63) is 41.5 Å². The van der Waals surface area contributed by atoms with Gasteiger partial charge < -0.3 is 20.4 Å². The van der Waals surface area contributed by atoms with Crippen molar-refractivity contribution in [1.29, 1.82) is 0 Å². The van der Waals surface area contributed by atoms with Gasteiger partial charge in [-0.25, -0.2) is 0 Å². The Hall–Kier alpha value is -1.89. The Bertz CT molecular complexity index is 809. The number of carbonyl (C=O) groups is 1. The smallest absolute Gasteiger partial charge is 0.310 e. The molecule has 0 radical (unpaired) electrons. The van der Waals surface area contributed by atoms with Crippen LogP contribution < -0.4 is 5.32 Å². The molecule has 3 aliphatic heterocycles. The Balaban J connectivity index is 1.82. The molecule has 0 amide bonds. The Morgan fingerprint density at radius 1 is 1.46 bits per heavy atom. The van der Waals surface area contributed by atoms with E-state index in [4.69, 9.17) is 4.74 Å². The average molecular weight is 356 g/mol. The molecular formula is C20H24N2O4. The summed E-state index contributed by atoms with van der Waals surface area (Å²) in [5.74, 6) is -0.840. The molecule has 0 aromatic heterocycles. The molecule has 5 aliphatic rings. The Kier molecular flexibility index (Phi) is 3.33. The second kappa shape index (κ2) is 5.31. The molecule has 6 heteroatoms. The first-order valence-corrected chi connectivity index (χ1v) is 9.29. The number of anilines is 1. The number of esters is 1. The number of aliphatic hydroxyl groups excluding tert-OH is 1. The fourth-order valence-electron chi connectivity index (χ4n) is 6.71. The summed E-state index contributed by atoms with van der Waals surface area (Å²) in [5.41, 5.74) is 2.55. The second-order valence-electron chi connectivity index (χ2n) is 7.91. The first-order chi connectivity index (χ1) is 12.6. The van der Waals surface area contributed by atoms with Crippen molar-refractivity contribution in [2.45, 2.75) is 36.9 Å². The number of para-hydroxylation sites is 1. The third-order valence-electron chi connectivity index (χ3n) is 7.39. The SMILES string of the molecule is C/C=C1\C2CC3C4Nc5ccccc5C4(C(CO)C1N3O)C2C(=O)OC. The van der Waals surface area contributed by atoms with E-state index >= 15 is 0 Å². The van der Waals surface area contributed by atoms with E-state index in [0.29, 0.717) is 6.42 Å². The summed E-state index contributed by atoms with van der Waals surface area (Å²) in [7, 11) is 1.44. The summed E-state index contributed by atoms with van der Waals surface area (Å²) in [4.78, 5) is 13.0. The molecule has 6 rings (SSSR count). The number of rotatable bonds is 2. The lowest BCUT2D eigenvalue weighted by atomic mass is 9.42. The number of hydrogen-bond acceptors (Lipinski definition) is 6. The summed E-state index contributed by atoms with van der Waals surface area (Å²) >= 11 is 0. The molecule has 4 fully saturated rings. The minimum atomic E-state index is -0.567. The summed E-state index contributed by atoms with van der Waals surface area (Å²) in [5, 5.41) is 26.4. The van der Waals surface area contributed by atoms with Gasteiger partial charge in [0.2, 0.25) is 0 Å². The molecule has 7 unspecified atom stereocenters. The molecule has 26 heavy (non-hydrogen) atoms. The fourth-order valence-corrected chi connectivity index (χ4v) is 6.71. The number of hydroxylamine groups is 2. The maximum atomic E-state index is 13.0. The third kappa shape index (κ3) is 1.57. The van der Waals surface area contributed by atoms with Crippen LogP contribution in [-0.4, -0.2) is 53.2 Å². The lowest BCUT2D eigenvalue weighted by Crippen LogP contribution is -2.79. The highest BCUT2D eigenvalue weighted by molar-refractivity contribution is 5.81. The first-order valence-electron chi connectivity index (χ1n) is 9.29. The van der Waals surface area contributed by atoms with E-state index in [2.05, 4.69) is 11.4 Å². The van der Waals surface area contributed by atoms with Crippen molar-refractivity contribution in [1.82, 2.24) is 5.06 Å². The Morgan fingerprint density at radius 3 is 2.92 bits per heavy atom. The Morgan fingerprint density at radius 2 is 2.23 bits per heavy atom. The van der Waals surface area contributed by atoms with Gasteiger partial charge >= 0.3 is 5.97 Å². The van der Waals surface area contributed by atoms with Gasteiger partial charge in [0, 0.05) is 23.6 Å². The zero-order valence-electron chi connectivity index (χ0n) is 14.9. The number of carbonyl (C=O) groups excluding carboxylic acids is 1. The highest BCUT2D eigenvalue weighted by atomic mass is 16.5. The highest BCUT2D eigenvalue weighted by Gasteiger charge is 2.75. The van der Waals surface area contributed by atoms with Gasteiger partial charge in [0.05, 0.1) is 31.2 Å². The van der Waals surface area contributed by atoms with Crippen LogP contribution in [0.1, 0.15) is 18.9 Å². The lowest BCUT2D eigenvalue weighted by Gasteiger charge is -2.68. The quantitative estimate of drug-likeness (QED) is 0.551. The van der Waals surface area contributed by atoms with Gasteiger partial charge in [0.25, 0.3) is 0 Å². The van der Waals surface area contributed by atoms with E-state index in [1.807, 2.05) is 31.2 Å². The van der Waals surface area contributed by atoms with Crippen LogP contribution in [0.3, 0.4) is 0 Å². The summed E-state index contributed by atoms with van der Waals surface area (Å²) in [6.45, 7) is 1.85. The number of nitrogens with one attached hydrogen (secondary N) is 1. The van der Waals surface area contributed by atoms with E-state index in [-0.39, 0.29) is 48.5 Å². The van der Waals surface area contributed by atoms with E-state index in [1.54, 1.807) is 0 Å². The van der Waals surface area contributed by atoms with Crippen LogP contribution in [0.2, 0.25) is 0 Å². The number of benzene rings is 1. The van der Waals surface area contributed by atoms with E-state index < -0.39 is 5.41 Å². The molecule has 4 bridgehead atoms. The number of aliphatic hydroxyl groups is 1. The number of hydrogen-bond donors (Lipinski definition) is 3. The molecule has 7 atom stereocenters. The molecule has 6 nitrogen and oxygen atoms in total. The zero-order valence-corrected chi connectivity index (χ0v) is 14.9. The molecule has 2 aliphatic carbocycles. The van der Waals surface area contributed by atoms with E-state index in [1.165, 1.54) is 12.2 Å². The molecule has 1 aromatic rings. The summed E-state index contributed by atoms with van der Waals surface area (Å²) in [6.07, 6.45) is 2.72. The van der Waals surface area contributed by atoms with Crippen molar-refractivity contribution in [2.24, 2.45) is 17.8 Å². The van der Waals surface area contributed by atoms with E-state index in [9.17, 15) is 15.1 Å². The van der Waals surface area contributed by atoms with Gasteiger partial charge in [0.1, 0.15) is 0 Å². The van der Waals surface area contributed by atoms with Crippen LogP contribution in [0.5, 0.6) is 0 Å². The predicted octanol–water partition coefficient (Wildman–Crippen LogP) is 1.54. The van der Waals surface area contributed by atoms with Crippen molar-refractivity contribution < 1.29 is 19.8 Å². The van der Waals surface area contributed by atoms with Gasteiger partial charge in [-0.1, -0.05) is 29.8 Å². The number of allylic oxidation sites excluding steroid dienone is 1. The number of methoxy groups -OCH3 is 1. The first kappa shape index (κ1) is 16.3. The lowest BCUT2D eigenvalue weighted by molar-refractivity contribution is -0.257. The van der Waals surface area contributed by atoms with Crippen LogP contribution >= 0.6 is 0 Å². The van der Waals surface area contributed by atoms with Gasteiger partial charge in [-0.05, 0) is 30.9 Å². The molecule has 1 spiro atoms. The standard InChI is InChI=1S/C20H24N2O4/c1-3-10-11-8-15-18-20(16(11)19(24)26-2,13(9-23)17(10)22(15)25)12-6-4-5-7-14(12)21-18/h3-7,11,13,15-18,21,23,25H,8-9H2,1-2H3/b10-3+. The molecule has 2 saturated heterocycles. The molecule has 3 N–H and O–H groups in total. The van der Waals surface area contributed by atoms with Crippen LogP contribution in [0.15, 0.2) is 35.9 Å². The zero-order chi connectivity index (χ0) is 18.2. The average Bonchev–Trinajstić information content (AvgIpc) is 3.00. The van der Waals surface area contributed by atoms with E-state index in [0.717, 1.165) is 16.8 Å². The Labute approximate surface area is 152 Å². The van der Waals surface area contributed by atoms with Gasteiger partial charge in [-0.2, -0.15) is 5.06 Å². The van der Waals surface area contributed by atoms with Crippen molar-refractivity contribution >= 4 is 11.7 Å². The summed E-state index contributed by atoms with van der Waals surface area (Å²) < 4.78 is 5.25. The molecular weight excluding hydrogens is 332 g/mol. The van der Waals surface area contributed by atoms with Crippen LogP contribution in [0.4, 0.5) is 5.69 Å². The van der Waals surface area contributed by atoms with Crippen LogP contribution in [-0.2, 0) is 14.9 Å². The third-order valence-corrected chi connectivity index (χ3v) is 7.39. The molecule has 2 saturated carbocycles. The number of nitrogens with zero attached hydrogens (tertiary/aromatic N) is 1. The number of fused-ring (bicyclic) bond motifs is 1. The number of piperidine rings is 2. The van der Waals surface area contributed by atoms with Gasteiger partial charge in [0.15, 0.2) is 0 Å². The van der Waals surface area contributed by atoms with Gasteiger partial charge in [-0.15, -0.1) is 0 Å². The fraction of sp³-hybridized carbons (Fsp3) is 0.550. The molecule has 1 aromatic carbocycles. The number of ether oxygens (including phenoxy) is 1. The monoisotopic (exact) mass is 356 g/mol. The highest BCUT2D eigenvalue weighted by Crippen LogP contribution is 2.67. The minimum absolute atomic E-state index is 0.0258. The largest absolute Gasteiger partial charge is 0.469 e. The maximum absolute atomic E-state index is 13.0. The predicted molar refractivity (Wildman–Crippen MR) is 94.7 cm³/mol. The summed E-state index contributed by atoms with van der Waals surface area (Å²) in [6, 6.07) is 7.55. The van der Waals surface area contributed by atoms with Crippen molar-refractivity contribution in [3.8, 4) is 0 Å². The van der Waals surface area contributed by atoms with Gasteiger partial charge in [-0.3, -0.25) is 4.79 Å².